The normalized spacial score (nSPS) is 19.4. The van der Waals surface area contributed by atoms with Gasteiger partial charge in [-0.1, -0.05) is 18.2 Å². The molecule has 1 unspecified atom stereocenters. The summed E-state index contributed by atoms with van der Waals surface area (Å²) in [7, 11) is 0. The van der Waals surface area contributed by atoms with E-state index >= 15 is 0 Å². The summed E-state index contributed by atoms with van der Waals surface area (Å²) in [6.45, 7) is 2.73. The summed E-state index contributed by atoms with van der Waals surface area (Å²) in [4.78, 5) is 10.8. The van der Waals surface area contributed by atoms with Crippen LogP contribution in [0.4, 0.5) is 0 Å². The van der Waals surface area contributed by atoms with E-state index in [4.69, 9.17) is 9.84 Å². The molecule has 1 saturated heterocycles. The molecule has 18 heavy (non-hydrogen) atoms. The highest BCUT2D eigenvalue weighted by Crippen LogP contribution is 2.20. The fourth-order valence-corrected chi connectivity index (χ4v) is 2.23. The largest absolute Gasteiger partial charge is 0.493 e. The Hall–Kier alpha value is -1.55. The smallest absolute Gasteiger partial charge is 0.307 e. The van der Waals surface area contributed by atoms with E-state index < -0.39 is 5.97 Å². The van der Waals surface area contributed by atoms with Gasteiger partial charge < -0.3 is 15.2 Å². The molecule has 2 N–H and O–H groups in total. The summed E-state index contributed by atoms with van der Waals surface area (Å²) < 4.78 is 5.77. The second-order valence-corrected chi connectivity index (χ2v) is 4.70. The number of nitrogens with one attached hydrogen (secondary N) is 1. The quantitative estimate of drug-likeness (QED) is 0.833. The Morgan fingerprint density at radius 1 is 1.44 bits per heavy atom. The van der Waals surface area contributed by atoms with Crippen LogP contribution in [-0.2, 0) is 11.2 Å². The number of carboxylic acid groups (broad SMARTS) is 1. The maximum atomic E-state index is 10.8. The molecule has 4 nitrogen and oxygen atoms in total. The van der Waals surface area contributed by atoms with Gasteiger partial charge in [0, 0.05) is 18.0 Å². The zero-order valence-corrected chi connectivity index (χ0v) is 10.4. The van der Waals surface area contributed by atoms with Gasteiger partial charge in [0.2, 0.25) is 0 Å². The van der Waals surface area contributed by atoms with Gasteiger partial charge >= 0.3 is 5.97 Å². The Morgan fingerprint density at radius 3 is 3.00 bits per heavy atom. The lowest BCUT2D eigenvalue weighted by molar-refractivity contribution is -0.136. The molecule has 1 aromatic rings. The number of carbonyl (C=O) groups is 1. The molecule has 0 radical (unpaired) electrons. The Labute approximate surface area is 107 Å². The zero-order valence-electron chi connectivity index (χ0n) is 10.4. The predicted molar refractivity (Wildman–Crippen MR) is 68.9 cm³/mol. The third kappa shape index (κ3) is 3.74. The Kier molecular flexibility index (Phi) is 4.59. The molecule has 0 spiro atoms. The summed E-state index contributed by atoms with van der Waals surface area (Å²) in [5.41, 5.74) is 0.744. The van der Waals surface area contributed by atoms with Gasteiger partial charge in [0.05, 0.1) is 13.0 Å². The minimum atomic E-state index is -0.828. The van der Waals surface area contributed by atoms with Crippen LogP contribution in [0.3, 0.4) is 0 Å². The van der Waals surface area contributed by atoms with Crippen molar-refractivity contribution in [2.24, 2.45) is 5.92 Å². The summed E-state index contributed by atoms with van der Waals surface area (Å²) in [5.74, 6) is 0.396. The molecule has 98 valence electrons. The topological polar surface area (TPSA) is 58.6 Å². The van der Waals surface area contributed by atoms with Crippen LogP contribution in [0.15, 0.2) is 24.3 Å². The SMILES string of the molecule is O=C(O)Cc1ccccc1OCC1CCCNC1. The van der Waals surface area contributed by atoms with Gasteiger partial charge in [0.1, 0.15) is 5.75 Å². The van der Waals surface area contributed by atoms with Gasteiger partial charge in [-0.3, -0.25) is 4.79 Å². The summed E-state index contributed by atoms with van der Waals surface area (Å²) >= 11 is 0. The Balaban J connectivity index is 1.93. The van der Waals surface area contributed by atoms with Crippen LogP contribution in [0.5, 0.6) is 5.75 Å². The third-order valence-electron chi connectivity index (χ3n) is 3.19. The number of ether oxygens (including phenoxy) is 1. The molecule has 0 amide bonds. The molecule has 1 aliphatic heterocycles. The average molecular weight is 249 g/mol. The van der Waals surface area contributed by atoms with Gasteiger partial charge in [0.25, 0.3) is 0 Å². The molecular weight excluding hydrogens is 230 g/mol. The molecule has 0 bridgehead atoms. The third-order valence-corrected chi connectivity index (χ3v) is 3.19. The van der Waals surface area contributed by atoms with E-state index in [0.29, 0.717) is 18.3 Å². The van der Waals surface area contributed by atoms with Gasteiger partial charge in [-0.2, -0.15) is 0 Å². The highest BCUT2D eigenvalue weighted by Gasteiger charge is 2.14. The van der Waals surface area contributed by atoms with Crippen molar-refractivity contribution in [3.63, 3.8) is 0 Å². The van der Waals surface area contributed by atoms with E-state index in [9.17, 15) is 4.79 Å². The zero-order chi connectivity index (χ0) is 12.8. The first kappa shape index (κ1) is 12.9. The van der Waals surface area contributed by atoms with Crippen LogP contribution in [0.1, 0.15) is 18.4 Å². The molecule has 0 saturated carbocycles. The highest BCUT2D eigenvalue weighted by molar-refractivity contribution is 5.71. The highest BCUT2D eigenvalue weighted by atomic mass is 16.5. The van der Waals surface area contributed by atoms with Crippen molar-refractivity contribution in [2.75, 3.05) is 19.7 Å². The average Bonchev–Trinajstić information content (AvgIpc) is 2.38. The molecule has 1 fully saturated rings. The molecule has 1 aliphatic rings. The van der Waals surface area contributed by atoms with E-state index in [2.05, 4.69) is 5.32 Å². The number of aliphatic carboxylic acids is 1. The molecule has 1 aromatic carbocycles. The molecule has 1 heterocycles. The summed E-state index contributed by atoms with van der Waals surface area (Å²) in [5, 5.41) is 12.2. The summed E-state index contributed by atoms with van der Waals surface area (Å²) in [6.07, 6.45) is 2.37. The van der Waals surface area contributed by atoms with Crippen molar-refractivity contribution >= 4 is 5.97 Å². The van der Waals surface area contributed by atoms with Crippen molar-refractivity contribution in [1.29, 1.82) is 0 Å². The molecule has 0 aromatic heterocycles. The standard InChI is InChI=1S/C14H19NO3/c16-14(17)8-12-5-1-2-6-13(12)18-10-11-4-3-7-15-9-11/h1-2,5-6,11,15H,3-4,7-10H2,(H,16,17). The lowest BCUT2D eigenvalue weighted by Gasteiger charge is -2.23. The first-order valence-corrected chi connectivity index (χ1v) is 6.39. The number of hydrogen-bond donors (Lipinski definition) is 2. The second kappa shape index (κ2) is 6.40. The van der Waals surface area contributed by atoms with Gasteiger partial charge in [-0.15, -0.1) is 0 Å². The number of para-hydroxylation sites is 1. The number of benzene rings is 1. The van der Waals surface area contributed by atoms with E-state index in [-0.39, 0.29) is 6.42 Å². The van der Waals surface area contributed by atoms with Crippen molar-refractivity contribution < 1.29 is 14.6 Å². The molecule has 4 heteroatoms. The van der Waals surface area contributed by atoms with Crippen molar-refractivity contribution in [3.8, 4) is 5.75 Å². The van der Waals surface area contributed by atoms with Crippen LogP contribution in [0, 0.1) is 5.92 Å². The van der Waals surface area contributed by atoms with Gasteiger partial charge in [0.15, 0.2) is 0 Å². The number of carboxylic acids is 1. The molecule has 1 atom stereocenters. The number of rotatable bonds is 5. The molecule has 2 rings (SSSR count). The van der Waals surface area contributed by atoms with Crippen molar-refractivity contribution in [1.82, 2.24) is 5.32 Å². The minimum absolute atomic E-state index is 0.0130. The van der Waals surface area contributed by atoms with Crippen LogP contribution >= 0.6 is 0 Å². The fraction of sp³-hybridized carbons (Fsp3) is 0.500. The Morgan fingerprint density at radius 2 is 2.28 bits per heavy atom. The minimum Gasteiger partial charge on any atom is -0.493 e. The number of piperidine rings is 1. The second-order valence-electron chi connectivity index (χ2n) is 4.70. The first-order chi connectivity index (χ1) is 8.75. The van der Waals surface area contributed by atoms with Crippen molar-refractivity contribution in [2.45, 2.75) is 19.3 Å². The molecular formula is C14H19NO3. The van der Waals surface area contributed by atoms with Crippen LogP contribution in [-0.4, -0.2) is 30.8 Å². The van der Waals surface area contributed by atoms with E-state index in [1.54, 1.807) is 0 Å². The van der Waals surface area contributed by atoms with E-state index in [1.165, 1.54) is 12.8 Å². The van der Waals surface area contributed by atoms with Crippen LogP contribution in [0.25, 0.3) is 0 Å². The summed E-state index contributed by atoms with van der Waals surface area (Å²) in [6, 6.07) is 7.37. The van der Waals surface area contributed by atoms with Gasteiger partial charge in [-0.25, -0.2) is 0 Å². The molecule has 0 aliphatic carbocycles. The van der Waals surface area contributed by atoms with E-state index in [0.717, 1.165) is 18.7 Å². The maximum absolute atomic E-state index is 10.8. The monoisotopic (exact) mass is 249 g/mol. The van der Waals surface area contributed by atoms with Gasteiger partial charge in [-0.05, 0) is 25.5 Å². The number of hydrogen-bond acceptors (Lipinski definition) is 3. The predicted octanol–water partition coefficient (Wildman–Crippen LogP) is 1.69. The fourth-order valence-electron chi connectivity index (χ4n) is 2.23. The lowest BCUT2D eigenvalue weighted by Crippen LogP contribution is -2.33. The first-order valence-electron chi connectivity index (χ1n) is 6.39. The van der Waals surface area contributed by atoms with Crippen LogP contribution in [0.2, 0.25) is 0 Å². The van der Waals surface area contributed by atoms with Crippen LogP contribution < -0.4 is 10.1 Å². The van der Waals surface area contributed by atoms with E-state index in [1.807, 2.05) is 24.3 Å². The lowest BCUT2D eigenvalue weighted by atomic mass is 10.0. The maximum Gasteiger partial charge on any atom is 0.307 e. The van der Waals surface area contributed by atoms with Crippen molar-refractivity contribution in [3.05, 3.63) is 29.8 Å². The Bertz CT molecular complexity index is 400.